The van der Waals surface area contributed by atoms with Crippen molar-refractivity contribution in [3.8, 4) is 11.3 Å². The molecule has 0 spiro atoms. The lowest BCUT2D eigenvalue weighted by molar-refractivity contribution is 0.0336. The van der Waals surface area contributed by atoms with Gasteiger partial charge < -0.3 is 9.15 Å². The molecule has 1 aliphatic heterocycles. The molecule has 2 aromatic heterocycles. The Morgan fingerprint density at radius 1 is 1.11 bits per heavy atom. The largest absolute Gasteiger partial charge is 0.461 e. The molecule has 3 aromatic rings. The number of fused-ring (bicyclic) bond motifs is 1. The number of morpholine rings is 1. The second-order valence-electron chi connectivity index (χ2n) is 7.34. The van der Waals surface area contributed by atoms with Gasteiger partial charge in [-0.2, -0.15) is 0 Å². The molecule has 0 radical (unpaired) electrons. The van der Waals surface area contributed by atoms with E-state index in [1.54, 1.807) is 0 Å². The Labute approximate surface area is 158 Å². The van der Waals surface area contributed by atoms with Crippen LogP contribution in [0.2, 0.25) is 0 Å². The van der Waals surface area contributed by atoms with Gasteiger partial charge in [0.15, 0.2) is 0 Å². The van der Waals surface area contributed by atoms with Crippen molar-refractivity contribution in [1.29, 1.82) is 0 Å². The lowest BCUT2D eigenvalue weighted by Gasteiger charge is -2.25. The van der Waals surface area contributed by atoms with Crippen LogP contribution in [0.4, 0.5) is 0 Å². The second-order valence-corrected chi connectivity index (χ2v) is 7.34. The first-order valence-electron chi connectivity index (χ1n) is 9.76. The Balaban J connectivity index is 1.38. The van der Waals surface area contributed by atoms with Gasteiger partial charge in [0.05, 0.1) is 31.1 Å². The fourth-order valence-corrected chi connectivity index (χ4v) is 4.08. The van der Waals surface area contributed by atoms with Crippen LogP contribution in [0.3, 0.4) is 0 Å². The Morgan fingerprint density at radius 3 is 2.81 bits per heavy atom. The van der Waals surface area contributed by atoms with Crippen LogP contribution in [0.15, 0.2) is 47.0 Å². The molecule has 1 fully saturated rings. The number of furan rings is 1. The van der Waals surface area contributed by atoms with Crippen molar-refractivity contribution in [2.75, 3.05) is 26.3 Å². The summed E-state index contributed by atoms with van der Waals surface area (Å²) < 4.78 is 13.6. The average Bonchev–Trinajstić information content (AvgIpc) is 3.36. The molecule has 1 unspecified atom stereocenters. The Morgan fingerprint density at radius 2 is 1.96 bits per heavy atom. The summed E-state index contributed by atoms with van der Waals surface area (Å²) in [6.07, 6.45) is 5.28. The topological polar surface area (TPSA) is 56.3 Å². The molecule has 6 heteroatoms. The van der Waals surface area contributed by atoms with E-state index >= 15 is 0 Å². The quantitative estimate of drug-likeness (QED) is 0.711. The number of nitrogens with zero attached hydrogens (tertiary/aromatic N) is 4. The van der Waals surface area contributed by atoms with E-state index < -0.39 is 0 Å². The van der Waals surface area contributed by atoms with Crippen molar-refractivity contribution in [2.24, 2.45) is 0 Å². The highest BCUT2D eigenvalue weighted by Gasteiger charge is 2.27. The van der Waals surface area contributed by atoms with E-state index in [9.17, 15) is 0 Å². The predicted molar refractivity (Wildman–Crippen MR) is 101 cm³/mol. The van der Waals surface area contributed by atoms with Crippen LogP contribution in [0.5, 0.6) is 0 Å². The number of aromatic nitrogens is 3. The number of benzene rings is 1. The summed E-state index contributed by atoms with van der Waals surface area (Å²) in [7, 11) is 0. The summed E-state index contributed by atoms with van der Waals surface area (Å²) in [4.78, 5) is 2.37. The van der Waals surface area contributed by atoms with Crippen LogP contribution in [0.25, 0.3) is 11.3 Å². The number of hydrogen-bond acceptors (Lipinski definition) is 5. The molecule has 3 heterocycles. The van der Waals surface area contributed by atoms with Gasteiger partial charge >= 0.3 is 0 Å². The average molecular weight is 364 g/mol. The molecule has 5 rings (SSSR count). The van der Waals surface area contributed by atoms with Gasteiger partial charge in [-0.05, 0) is 18.9 Å². The first-order valence-corrected chi connectivity index (χ1v) is 9.76. The molecule has 1 atom stereocenters. The molecular weight excluding hydrogens is 340 g/mol. The first kappa shape index (κ1) is 16.7. The minimum absolute atomic E-state index is 0.209. The SMILES string of the molecule is c1ccc(-c2cc3c(o2)CCCC3n2cc(CN3CCOCC3)nn2)cc1. The molecule has 1 aliphatic carbocycles. The van der Waals surface area contributed by atoms with E-state index in [-0.39, 0.29) is 6.04 Å². The van der Waals surface area contributed by atoms with E-state index in [4.69, 9.17) is 9.15 Å². The molecule has 0 bridgehead atoms. The molecule has 1 aromatic carbocycles. The third-order valence-corrected chi connectivity index (χ3v) is 5.51. The molecule has 0 amide bonds. The summed E-state index contributed by atoms with van der Waals surface area (Å²) in [6, 6.07) is 12.7. The highest BCUT2D eigenvalue weighted by atomic mass is 16.5. The van der Waals surface area contributed by atoms with Crippen LogP contribution in [-0.2, 0) is 17.7 Å². The van der Waals surface area contributed by atoms with Gasteiger partial charge in [-0.15, -0.1) is 5.10 Å². The maximum Gasteiger partial charge on any atom is 0.134 e. The van der Waals surface area contributed by atoms with Gasteiger partial charge in [0.1, 0.15) is 11.5 Å². The highest BCUT2D eigenvalue weighted by molar-refractivity contribution is 5.59. The normalized spacial score (nSPS) is 20.5. The van der Waals surface area contributed by atoms with Crippen molar-refractivity contribution in [1.82, 2.24) is 19.9 Å². The Hall–Kier alpha value is -2.44. The Kier molecular flexibility index (Phi) is 4.51. The van der Waals surface area contributed by atoms with Crippen LogP contribution >= 0.6 is 0 Å². The van der Waals surface area contributed by atoms with E-state index in [1.807, 2.05) is 22.9 Å². The summed E-state index contributed by atoms with van der Waals surface area (Å²) in [6.45, 7) is 4.36. The van der Waals surface area contributed by atoms with Gasteiger partial charge in [0.2, 0.25) is 0 Å². The van der Waals surface area contributed by atoms with E-state index in [1.165, 1.54) is 5.56 Å². The van der Waals surface area contributed by atoms with E-state index in [2.05, 4.69) is 39.6 Å². The number of rotatable bonds is 4. The fourth-order valence-electron chi connectivity index (χ4n) is 4.08. The van der Waals surface area contributed by atoms with Gasteiger partial charge in [-0.25, -0.2) is 4.68 Å². The smallest absolute Gasteiger partial charge is 0.134 e. The first-order chi connectivity index (χ1) is 13.4. The summed E-state index contributed by atoms with van der Waals surface area (Å²) >= 11 is 0. The van der Waals surface area contributed by atoms with Gasteiger partial charge in [-0.1, -0.05) is 35.5 Å². The molecule has 6 nitrogen and oxygen atoms in total. The van der Waals surface area contributed by atoms with Crippen LogP contribution in [0.1, 0.15) is 35.9 Å². The van der Waals surface area contributed by atoms with Crippen molar-refractivity contribution >= 4 is 0 Å². The van der Waals surface area contributed by atoms with Crippen LogP contribution in [0, 0.1) is 0 Å². The minimum Gasteiger partial charge on any atom is -0.461 e. The lowest BCUT2D eigenvalue weighted by atomic mass is 9.93. The standard InChI is InChI=1S/C21H24N4O2/c1-2-5-16(6-3-1)21-13-18-19(7-4-8-20(18)27-21)25-15-17(22-23-25)14-24-9-11-26-12-10-24/h1-3,5-6,13,15,19H,4,7-12,14H2. The van der Waals surface area contributed by atoms with Gasteiger partial charge in [0, 0.05) is 37.2 Å². The van der Waals surface area contributed by atoms with Crippen molar-refractivity contribution in [3.05, 3.63) is 59.6 Å². The number of aryl methyl sites for hydroxylation is 1. The molecule has 0 N–H and O–H groups in total. The second kappa shape index (κ2) is 7.29. The number of hydrogen-bond donors (Lipinski definition) is 0. The Bertz CT molecular complexity index is 896. The molecular formula is C21H24N4O2. The zero-order valence-corrected chi connectivity index (χ0v) is 15.4. The zero-order chi connectivity index (χ0) is 18.1. The van der Waals surface area contributed by atoms with Crippen LogP contribution < -0.4 is 0 Å². The number of ether oxygens (including phenoxy) is 1. The van der Waals surface area contributed by atoms with Crippen molar-refractivity contribution in [3.63, 3.8) is 0 Å². The maximum atomic E-state index is 6.19. The van der Waals surface area contributed by atoms with E-state index in [0.29, 0.717) is 0 Å². The lowest BCUT2D eigenvalue weighted by Crippen LogP contribution is -2.35. The zero-order valence-electron chi connectivity index (χ0n) is 15.4. The monoisotopic (exact) mass is 364 g/mol. The summed E-state index contributed by atoms with van der Waals surface area (Å²) in [5.41, 5.74) is 3.40. The molecule has 1 saturated heterocycles. The third-order valence-electron chi connectivity index (χ3n) is 5.51. The molecule has 2 aliphatic rings. The van der Waals surface area contributed by atoms with Gasteiger partial charge in [-0.3, -0.25) is 4.90 Å². The predicted octanol–water partition coefficient (Wildman–Crippen LogP) is 3.30. The van der Waals surface area contributed by atoms with Crippen LogP contribution in [-0.4, -0.2) is 46.2 Å². The van der Waals surface area contributed by atoms with Crippen molar-refractivity contribution in [2.45, 2.75) is 31.8 Å². The summed E-state index contributed by atoms with van der Waals surface area (Å²) in [5, 5.41) is 8.88. The third kappa shape index (κ3) is 3.42. The maximum absolute atomic E-state index is 6.19. The summed E-state index contributed by atoms with van der Waals surface area (Å²) in [5.74, 6) is 2.04. The molecule has 27 heavy (non-hydrogen) atoms. The molecule has 140 valence electrons. The van der Waals surface area contributed by atoms with E-state index in [0.717, 1.165) is 74.9 Å². The highest BCUT2D eigenvalue weighted by Crippen LogP contribution is 2.37. The minimum atomic E-state index is 0.209. The van der Waals surface area contributed by atoms with Gasteiger partial charge in [0.25, 0.3) is 0 Å². The van der Waals surface area contributed by atoms with Crippen molar-refractivity contribution < 1.29 is 9.15 Å². The molecule has 0 saturated carbocycles. The fraction of sp³-hybridized carbons (Fsp3) is 0.429.